The molecule has 6 nitrogen and oxygen atoms in total. The summed E-state index contributed by atoms with van der Waals surface area (Å²) in [5.74, 6) is 0.284. The number of hydrazine groups is 1. The van der Waals surface area contributed by atoms with E-state index in [0.717, 1.165) is 27.4 Å². The van der Waals surface area contributed by atoms with Gasteiger partial charge in [0.05, 0.1) is 18.5 Å². The van der Waals surface area contributed by atoms with E-state index in [2.05, 4.69) is 5.59 Å². The predicted octanol–water partition coefficient (Wildman–Crippen LogP) is 1.58. The van der Waals surface area contributed by atoms with Gasteiger partial charge in [-0.3, -0.25) is 0 Å². The van der Waals surface area contributed by atoms with Crippen LogP contribution in [0.4, 0.5) is 5.69 Å². The fourth-order valence-electron chi connectivity index (χ4n) is 2.92. The molecule has 0 amide bonds. The van der Waals surface area contributed by atoms with E-state index in [-0.39, 0.29) is 0 Å². The smallest absolute Gasteiger partial charge is 0.377 e. The lowest BCUT2D eigenvalue weighted by Crippen LogP contribution is -2.31. The Bertz CT molecular complexity index is 1060. The first-order valence-electron chi connectivity index (χ1n) is 8.36. The molecule has 27 heavy (non-hydrogen) atoms. The second kappa shape index (κ2) is 6.93. The molecule has 2 N–H and O–H groups in total. The van der Waals surface area contributed by atoms with E-state index in [1.807, 2.05) is 60.7 Å². The van der Waals surface area contributed by atoms with Gasteiger partial charge in [-0.1, -0.05) is 42.0 Å². The minimum atomic E-state index is -0.447. The van der Waals surface area contributed by atoms with Crippen LogP contribution in [-0.2, 0) is 9.63 Å². The van der Waals surface area contributed by atoms with E-state index in [9.17, 15) is 4.79 Å². The van der Waals surface area contributed by atoms with Gasteiger partial charge in [-0.25, -0.2) is 9.80 Å². The number of hydrogen-bond acceptors (Lipinski definition) is 6. The Kier molecular flexibility index (Phi) is 4.32. The number of rotatable bonds is 2. The molecule has 6 heteroatoms. The van der Waals surface area contributed by atoms with Crippen molar-refractivity contribution in [1.29, 1.82) is 5.41 Å². The average Bonchev–Trinajstić information content (AvgIpc) is 3.10. The Morgan fingerprint density at radius 3 is 2.19 bits per heavy atom. The van der Waals surface area contributed by atoms with Crippen LogP contribution < -0.4 is 25.8 Å². The largest absolute Gasteiger partial charge is 0.497 e. The number of ether oxygens (including phenoxy) is 1. The number of anilines is 1. The number of carbonyl (C=O) groups is 1. The lowest BCUT2D eigenvalue weighted by molar-refractivity contribution is -0.139. The first kappa shape index (κ1) is 16.8. The maximum atomic E-state index is 12.3. The zero-order valence-electron chi connectivity index (χ0n) is 14.6. The van der Waals surface area contributed by atoms with Crippen LogP contribution in [0.1, 0.15) is 0 Å². The molecule has 0 atom stereocenters. The van der Waals surface area contributed by atoms with Gasteiger partial charge in [-0.05, 0) is 47.2 Å². The highest BCUT2D eigenvalue weighted by Crippen LogP contribution is 2.24. The highest BCUT2D eigenvalue weighted by atomic mass is 16.7. The van der Waals surface area contributed by atoms with Crippen molar-refractivity contribution < 1.29 is 14.4 Å². The fourth-order valence-corrected chi connectivity index (χ4v) is 2.92. The van der Waals surface area contributed by atoms with Gasteiger partial charge in [0, 0.05) is 5.22 Å². The normalized spacial score (nSPS) is 16.1. The number of allylic oxidation sites excluding steroid dienone is 4. The summed E-state index contributed by atoms with van der Waals surface area (Å²) >= 11 is 0. The molecule has 1 heterocycles. The third-order valence-corrected chi connectivity index (χ3v) is 4.35. The van der Waals surface area contributed by atoms with E-state index in [1.54, 1.807) is 24.3 Å². The van der Waals surface area contributed by atoms with E-state index >= 15 is 0 Å². The molecule has 1 aliphatic carbocycles. The van der Waals surface area contributed by atoms with Crippen molar-refractivity contribution in [2.75, 3.05) is 12.1 Å². The van der Waals surface area contributed by atoms with Crippen LogP contribution >= 0.6 is 0 Å². The van der Waals surface area contributed by atoms with Crippen molar-refractivity contribution >= 4 is 28.6 Å². The SMILES string of the molecule is COc1ccc(N2NOC(=O)C2=c2ccc(=C3C=CC(=N)C=C3)cc2)cc1. The number of methoxy groups -OCH3 is 1. The molecule has 2 aromatic rings. The maximum Gasteiger partial charge on any atom is 0.377 e. The molecule has 2 aromatic carbocycles. The molecule has 0 unspecified atom stereocenters. The van der Waals surface area contributed by atoms with E-state index < -0.39 is 5.97 Å². The number of benzene rings is 2. The molecule has 0 radical (unpaired) electrons. The summed E-state index contributed by atoms with van der Waals surface area (Å²) in [7, 11) is 1.60. The van der Waals surface area contributed by atoms with Crippen LogP contribution in [0, 0.1) is 5.41 Å². The summed E-state index contributed by atoms with van der Waals surface area (Å²) in [6, 6.07) is 15.0. The first-order chi connectivity index (χ1) is 13.2. The second-order valence-electron chi connectivity index (χ2n) is 6.02. The van der Waals surface area contributed by atoms with Gasteiger partial charge in [0.2, 0.25) is 0 Å². The zero-order valence-corrected chi connectivity index (χ0v) is 14.6. The van der Waals surface area contributed by atoms with Crippen molar-refractivity contribution in [3.63, 3.8) is 0 Å². The number of nitrogens with one attached hydrogen (secondary N) is 2. The Labute approximate surface area is 155 Å². The summed E-state index contributed by atoms with van der Waals surface area (Å²) < 4.78 is 5.17. The van der Waals surface area contributed by atoms with Gasteiger partial charge in [0.15, 0.2) is 5.70 Å². The van der Waals surface area contributed by atoms with Crippen molar-refractivity contribution in [2.24, 2.45) is 0 Å². The van der Waals surface area contributed by atoms with Gasteiger partial charge >= 0.3 is 5.97 Å². The molecular weight excluding hydrogens is 342 g/mol. The third kappa shape index (κ3) is 3.26. The summed E-state index contributed by atoms with van der Waals surface area (Å²) in [6.45, 7) is 0. The number of nitrogens with zero attached hydrogens (tertiary/aromatic N) is 1. The summed E-state index contributed by atoms with van der Waals surface area (Å²) in [5, 5.41) is 10.9. The molecule has 134 valence electrons. The van der Waals surface area contributed by atoms with Crippen molar-refractivity contribution in [1.82, 2.24) is 5.59 Å². The Morgan fingerprint density at radius 1 is 0.926 bits per heavy atom. The molecule has 1 fully saturated rings. The Morgan fingerprint density at radius 2 is 1.56 bits per heavy atom. The lowest BCUT2D eigenvalue weighted by Gasteiger charge is -2.15. The minimum Gasteiger partial charge on any atom is -0.497 e. The molecule has 1 saturated heterocycles. The zero-order chi connectivity index (χ0) is 18.8. The summed E-state index contributed by atoms with van der Waals surface area (Å²) in [6.07, 6.45) is 7.31. The van der Waals surface area contributed by atoms with Crippen LogP contribution in [0.5, 0.6) is 5.75 Å². The lowest BCUT2D eigenvalue weighted by atomic mass is 10.1. The molecule has 0 spiro atoms. The van der Waals surface area contributed by atoms with Crippen LogP contribution in [0.15, 0.2) is 72.8 Å². The highest BCUT2D eigenvalue weighted by molar-refractivity contribution is 6.15. The maximum absolute atomic E-state index is 12.3. The first-order valence-corrected chi connectivity index (χ1v) is 8.36. The van der Waals surface area contributed by atoms with Gasteiger partial charge < -0.3 is 15.0 Å². The van der Waals surface area contributed by atoms with Crippen LogP contribution in [0.25, 0.3) is 11.3 Å². The van der Waals surface area contributed by atoms with Crippen LogP contribution in [-0.4, -0.2) is 18.8 Å². The van der Waals surface area contributed by atoms with Crippen molar-refractivity contribution in [3.05, 3.63) is 83.3 Å². The molecule has 4 rings (SSSR count). The van der Waals surface area contributed by atoms with Crippen molar-refractivity contribution in [3.8, 4) is 5.75 Å². The van der Waals surface area contributed by atoms with Crippen LogP contribution in [0.3, 0.4) is 0 Å². The Hall–Kier alpha value is -3.64. The average molecular weight is 359 g/mol. The molecular formula is C21H17N3O3. The topological polar surface area (TPSA) is 74.7 Å². The molecule has 2 aliphatic rings. The van der Waals surface area contributed by atoms with Crippen molar-refractivity contribution in [2.45, 2.75) is 0 Å². The third-order valence-electron chi connectivity index (χ3n) is 4.35. The number of carbonyl (C=O) groups excluding carboxylic acids is 1. The van der Waals surface area contributed by atoms with Gasteiger partial charge in [0.1, 0.15) is 5.75 Å². The number of hydrogen-bond donors (Lipinski definition) is 2. The van der Waals surface area contributed by atoms with E-state index in [0.29, 0.717) is 11.4 Å². The summed E-state index contributed by atoms with van der Waals surface area (Å²) in [5.41, 5.74) is 5.30. The standard InChI is InChI=1S/C21H17N3O3/c1-26-19-12-10-18(11-13-19)24-20(21(25)27-23-24)16-4-2-14(3-5-16)15-6-8-17(22)9-7-15/h2-13,22-23H,1H3. The fraction of sp³-hybridized carbons (Fsp3) is 0.0476. The quantitative estimate of drug-likeness (QED) is 0.852. The molecule has 0 bridgehead atoms. The molecule has 0 aromatic heterocycles. The highest BCUT2D eigenvalue weighted by Gasteiger charge is 2.29. The van der Waals surface area contributed by atoms with E-state index in [4.69, 9.17) is 15.0 Å². The van der Waals surface area contributed by atoms with Gasteiger partial charge in [-0.15, -0.1) is 0 Å². The predicted molar refractivity (Wildman–Crippen MR) is 103 cm³/mol. The Balaban J connectivity index is 1.76. The second-order valence-corrected chi connectivity index (χ2v) is 6.02. The minimum absolute atomic E-state index is 0.410. The van der Waals surface area contributed by atoms with Gasteiger partial charge in [0.25, 0.3) is 0 Å². The van der Waals surface area contributed by atoms with Gasteiger partial charge in [-0.2, -0.15) is 0 Å². The van der Waals surface area contributed by atoms with E-state index in [1.165, 1.54) is 0 Å². The molecule has 0 saturated carbocycles. The monoisotopic (exact) mass is 359 g/mol. The van der Waals surface area contributed by atoms with Crippen LogP contribution in [0.2, 0.25) is 0 Å². The summed E-state index contributed by atoms with van der Waals surface area (Å²) in [4.78, 5) is 17.3. The molecule has 1 aliphatic heterocycles.